The van der Waals surface area contributed by atoms with Gasteiger partial charge in [0.25, 0.3) is 0 Å². The molecule has 3 heterocycles. The van der Waals surface area contributed by atoms with Crippen LogP contribution in [0, 0.1) is 11.3 Å². The molecule has 5 nitrogen and oxygen atoms in total. The lowest BCUT2D eigenvalue weighted by Gasteiger charge is -2.30. The van der Waals surface area contributed by atoms with Gasteiger partial charge in [-0.3, -0.25) is 4.79 Å². The van der Waals surface area contributed by atoms with Crippen LogP contribution in [0.5, 0.6) is 0 Å². The Morgan fingerprint density at radius 3 is 2.73 bits per heavy atom. The van der Waals surface area contributed by atoms with E-state index < -0.39 is 0 Å². The Morgan fingerprint density at radius 1 is 1.19 bits per heavy atom. The molecule has 1 aromatic carbocycles. The Labute approximate surface area is 160 Å². The lowest BCUT2D eigenvalue weighted by atomic mass is 9.91. The van der Waals surface area contributed by atoms with Crippen LogP contribution in [0.4, 0.5) is 0 Å². The van der Waals surface area contributed by atoms with Crippen LogP contribution in [0.3, 0.4) is 0 Å². The number of fused-ring (bicyclic) bond motifs is 1. The molecule has 5 rings (SSSR count). The molecule has 1 aromatic heterocycles. The average molecular weight is 373 g/mol. The van der Waals surface area contributed by atoms with E-state index in [1.54, 1.807) is 0 Å². The van der Waals surface area contributed by atoms with E-state index in [4.69, 9.17) is 0 Å². The highest BCUT2D eigenvalue weighted by Gasteiger charge is 2.58. The van der Waals surface area contributed by atoms with Gasteiger partial charge in [-0.1, -0.05) is 18.2 Å². The fourth-order valence-electron chi connectivity index (χ4n) is 4.71. The molecule has 0 bridgehead atoms. The van der Waals surface area contributed by atoms with E-state index in [0.717, 1.165) is 51.0 Å². The number of amides is 1. The van der Waals surface area contributed by atoms with Gasteiger partial charge in [0.1, 0.15) is 0 Å². The number of nitrogens with zero attached hydrogens (tertiary/aromatic N) is 3. The zero-order valence-electron chi connectivity index (χ0n) is 14.9. The Kier molecular flexibility index (Phi) is 4.53. The monoisotopic (exact) mass is 372 g/mol. The fraction of sp³-hybridized carbons (Fsp3) is 0.500. The summed E-state index contributed by atoms with van der Waals surface area (Å²) in [6.45, 7) is 3.66. The van der Waals surface area contributed by atoms with Gasteiger partial charge in [0, 0.05) is 31.0 Å². The van der Waals surface area contributed by atoms with E-state index in [9.17, 15) is 4.79 Å². The topological polar surface area (TPSA) is 50.2 Å². The van der Waals surface area contributed by atoms with Crippen LogP contribution in [-0.2, 0) is 17.8 Å². The van der Waals surface area contributed by atoms with Gasteiger partial charge in [0.05, 0.1) is 17.6 Å². The summed E-state index contributed by atoms with van der Waals surface area (Å²) in [4.78, 5) is 15.1. The van der Waals surface area contributed by atoms with Crippen LogP contribution in [0.15, 0.2) is 36.5 Å². The number of rotatable bonds is 2. The van der Waals surface area contributed by atoms with Crippen LogP contribution in [-0.4, -0.2) is 40.2 Å². The minimum absolute atomic E-state index is 0. The molecule has 26 heavy (non-hydrogen) atoms. The van der Waals surface area contributed by atoms with Crippen molar-refractivity contribution in [2.45, 2.75) is 32.2 Å². The second-order valence-electron chi connectivity index (χ2n) is 7.74. The minimum Gasteiger partial charge on any atom is -0.338 e. The van der Waals surface area contributed by atoms with Crippen molar-refractivity contribution in [2.75, 3.05) is 19.6 Å². The van der Waals surface area contributed by atoms with E-state index in [2.05, 4.69) is 27.4 Å². The van der Waals surface area contributed by atoms with Crippen molar-refractivity contribution < 1.29 is 4.79 Å². The fourth-order valence-corrected chi connectivity index (χ4v) is 4.71. The Hall–Kier alpha value is -1.85. The van der Waals surface area contributed by atoms with Gasteiger partial charge in [-0.05, 0) is 49.9 Å². The highest BCUT2D eigenvalue weighted by atomic mass is 35.5. The summed E-state index contributed by atoms with van der Waals surface area (Å²) in [5.74, 6) is 0.639. The van der Waals surface area contributed by atoms with E-state index in [-0.39, 0.29) is 18.3 Å². The molecule has 1 saturated heterocycles. The Balaban J connectivity index is 0.00000168. The zero-order valence-corrected chi connectivity index (χ0v) is 15.7. The number of nitrogens with one attached hydrogen (secondary N) is 1. The first-order chi connectivity index (χ1) is 12.3. The summed E-state index contributed by atoms with van der Waals surface area (Å²) in [6.07, 6.45) is 6.25. The van der Waals surface area contributed by atoms with Gasteiger partial charge < -0.3 is 10.2 Å². The molecule has 1 atom stereocenters. The van der Waals surface area contributed by atoms with Crippen molar-refractivity contribution >= 4 is 18.3 Å². The predicted octanol–water partition coefficient (Wildman–Crippen LogP) is 2.57. The highest BCUT2D eigenvalue weighted by molar-refractivity contribution is 5.85. The van der Waals surface area contributed by atoms with E-state index >= 15 is 0 Å². The molecule has 1 amide bonds. The molecule has 2 aliphatic heterocycles. The van der Waals surface area contributed by atoms with E-state index in [0.29, 0.717) is 17.9 Å². The van der Waals surface area contributed by atoms with Crippen molar-refractivity contribution in [3.63, 3.8) is 0 Å². The molecule has 1 aliphatic carbocycles. The van der Waals surface area contributed by atoms with Crippen molar-refractivity contribution in [1.29, 1.82) is 0 Å². The normalized spacial score (nSPS) is 23.2. The highest BCUT2D eigenvalue weighted by Crippen LogP contribution is 2.59. The number of piperidine rings is 1. The maximum atomic E-state index is 13.0. The molecule has 1 spiro atoms. The number of carbonyl (C=O) groups excluding carboxylic acids is 1. The van der Waals surface area contributed by atoms with Gasteiger partial charge in [-0.15, -0.1) is 12.4 Å². The lowest BCUT2D eigenvalue weighted by molar-refractivity contribution is -0.134. The molecule has 0 radical (unpaired) electrons. The first-order valence-corrected chi connectivity index (χ1v) is 9.38. The number of halogens is 1. The first-order valence-electron chi connectivity index (χ1n) is 9.38. The molecule has 3 aliphatic rings. The smallest absolute Gasteiger partial charge is 0.226 e. The molecule has 1 saturated carbocycles. The summed E-state index contributed by atoms with van der Waals surface area (Å²) in [7, 11) is 0. The Morgan fingerprint density at radius 2 is 1.96 bits per heavy atom. The van der Waals surface area contributed by atoms with Crippen molar-refractivity contribution in [2.24, 2.45) is 11.3 Å². The van der Waals surface area contributed by atoms with Crippen molar-refractivity contribution in [3.8, 4) is 5.69 Å². The molecule has 1 N–H and O–H groups in total. The largest absolute Gasteiger partial charge is 0.338 e. The third kappa shape index (κ3) is 2.83. The first kappa shape index (κ1) is 17.6. The van der Waals surface area contributed by atoms with Crippen LogP contribution >= 0.6 is 12.4 Å². The summed E-state index contributed by atoms with van der Waals surface area (Å²) in [6, 6.07) is 10.2. The summed E-state index contributed by atoms with van der Waals surface area (Å²) >= 11 is 0. The van der Waals surface area contributed by atoms with Crippen LogP contribution in [0.2, 0.25) is 0 Å². The molecule has 1 unspecified atom stereocenters. The maximum Gasteiger partial charge on any atom is 0.226 e. The quantitative estimate of drug-likeness (QED) is 0.881. The minimum atomic E-state index is 0. The van der Waals surface area contributed by atoms with Crippen LogP contribution in [0.1, 0.15) is 30.5 Å². The van der Waals surface area contributed by atoms with Gasteiger partial charge in [0.2, 0.25) is 5.91 Å². The molecule has 6 heteroatoms. The second-order valence-corrected chi connectivity index (χ2v) is 7.74. The molecular weight excluding hydrogens is 348 g/mol. The zero-order chi connectivity index (χ0) is 16.9. The average Bonchev–Trinajstić information content (AvgIpc) is 3.18. The lowest BCUT2D eigenvalue weighted by Crippen LogP contribution is -2.39. The van der Waals surface area contributed by atoms with Crippen molar-refractivity contribution in [1.82, 2.24) is 20.0 Å². The van der Waals surface area contributed by atoms with E-state index in [1.807, 2.05) is 29.1 Å². The standard InChI is InChI=1S/C20H24N4O.ClH/c25-19(17-12-20(17)7-9-21-10-8-20)23-11-6-18-15(14-23)13-22-24(18)16-4-2-1-3-5-16;/h1-5,13,17,21H,6-12,14H2;1H. The van der Waals surface area contributed by atoms with Gasteiger partial charge in [-0.25, -0.2) is 4.68 Å². The predicted molar refractivity (Wildman–Crippen MR) is 103 cm³/mol. The number of hydrogen-bond donors (Lipinski definition) is 1. The van der Waals surface area contributed by atoms with E-state index in [1.165, 1.54) is 11.3 Å². The second kappa shape index (κ2) is 6.71. The third-order valence-electron chi connectivity index (χ3n) is 6.33. The SMILES string of the molecule is Cl.O=C(C1CC12CCNCC2)N1CCc2c(cnn2-c2ccccc2)C1. The summed E-state index contributed by atoms with van der Waals surface area (Å²) < 4.78 is 2.03. The summed E-state index contributed by atoms with van der Waals surface area (Å²) in [5, 5.41) is 7.99. The maximum absolute atomic E-state index is 13.0. The van der Waals surface area contributed by atoms with Gasteiger partial charge in [0.15, 0.2) is 0 Å². The molecule has 2 aromatic rings. The number of para-hydroxylation sites is 1. The number of hydrogen-bond acceptors (Lipinski definition) is 3. The van der Waals surface area contributed by atoms with Crippen molar-refractivity contribution in [3.05, 3.63) is 47.8 Å². The third-order valence-corrected chi connectivity index (χ3v) is 6.33. The molecule has 138 valence electrons. The molecule has 2 fully saturated rings. The van der Waals surface area contributed by atoms with Crippen LogP contribution in [0.25, 0.3) is 5.69 Å². The number of benzene rings is 1. The molecular formula is C20H25ClN4O. The van der Waals surface area contributed by atoms with Gasteiger partial charge in [-0.2, -0.15) is 5.10 Å². The number of carbonyl (C=O) groups is 1. The Bertz CT molecular complexity index is 797. The summed E-state index contributed by atoms with van der Waals surface area (Å²) in [5.41, 5.74) is 3.86. The number of aromatic nitrogens is 2. The van der Waals surface area contributed by atoms with Crippen LogP contribution < -0.4 is 5.32 Å². The van der Waals surface area contributed by atoms with Gasteiger partial charge >= 0.3 is 0 Å².